The van der Waals surface area contributed by atoms with Gasteiger partial charge in [0, 0.05) is 32.2 Å². The van der Waals surface area contributed by atoms with E-state index in [0.29, 0.717) is 12.0 Å². The average molecular weight is 254 g/mol. The van der Waals surface area contributed by atoms with Crippen molar-refractivity contribution < 1.29 is 5.11 Å². The molecule has 1 N–H and O–H groups in total. The van der Waals surface area contributed by atoms with Gasteiger partial charge in [-0.15, -0.1) is 0 Å². The molecule has 0 bridgehead atoms. The molecule has 18 heavy (non-hydrogen) atoms. The SMILES string of the molecule is CC1CN(C)CCN1CC1CCCC(C)(C)C1O. The maximum absolute atomic E-state index is 10.5. The Morgan fingerprint density at radius 3 is 2.67 bits per heavy atom. The van der Waals surface area contributed by atoms with E-state index in [0.717, 1.165) is 26.2 Å². The van der Waals surface area contributed by atoms with Crippen LogP contribution >= 0.6 is 0 Å². The van der Waals surface area contributed by atoms with Crippen LogP contribution < -0.4 is 0 Å². The van der Waals surface area contributed by atoms with E-state index >= 15 is 0 Å². The minimum absolute atomic E-state index is 0.110. The van der Waals surface area contributed by atoms with Crippen LogP contribution in [0.4, 0.5) is 0 Å². The maximum Gasteiger partial charge on any atom is 0.0631 e. The van der Waals surface area contributed by atoms with Gasteiger partial charge in [-0.25, -0.2) is 0 Å². The number of likely N-dealkylation sites (N-methyl/N-ethyl adjacent to an activating group) is 1. The molecule has 0 aromatic heterocycles. The highest BCUT2D eigenvalue weighted by atomic mass is 16.3. The van der Waals surface area contributed by atoms with Crippen LogP contribution in [0.25, 0.3) is 0 Å². The summed E-state index contributed by atoms with van der Waals surface area (Å²) in [4.78, 5) is 4.98. The Balaban J connectivity index is 1.92. The summed E-state index contributed by atoms with van der Waals surface area (Å²) in [6.07, 6.45) is 3.52. The number of aliphatic hydroxyl groups is 1. The zero-order valence-electron chi connectivity index (χ0n) is 12.5. The van der Waals surface area contributed by atoms with E-state index < -0.39 is 0 Å². The fraction of sp³-hybridized carbons (Fsp3) is 1.00. The quantitative estimate of drug-likeness (QED) is 0.814. The van der Waals surface area contributed by atoms with Crippen molar-refractivity contribution in [3.63, 3.8) is 0 Å². The van der Waals surface area contributed by atoms with E-state index in [1.165, 1.54) is 19.3 Å². The molecule has 0 spiro atoms. The van der Waals surface area contributed by atoms with Crippen LogP contribution in [0, 0.1) is 11.3 Å². The molecule has 0 radical (unpaired) electrons. The van der Waals surface area contributed by atoms with Crippen molar-refractivity contribution in [1.29, 1.82) is 0 Å². The second kappa shape index (κ2) is 5.48. The van der Waals surface area contributed by atoms with E-state index in [1.807, 2.05) is 0 Å². The van der Waals surface area contributed by atoms with Crippen molar-refractivity contribution in [2.75, 3.05) is 33.2 Å². The lowest BCUT2D eigenvalue weighted by atomic mass is 9.69. The molecule has 2 rings (SSSR count). The average Bonchev–Trinajstić information content (AvgIpc) is 2.28. The fourth-order valence-corrected chi connectivity index (χ4v) is 3.70. The van der Waals surface area contributed by atoms with Crippen LogP contribution in [0.5, 0.6) is 0 Å². The number of nitrogens with zero attached hydrogens (tertiary/aromatic N) is 2. The molecule has 3 atom stereocenters. The number of piperazine rings is 1. The summed E-state index contributed by atoms with van der Waals surface area (Å²) in [5.74, 6) is 0.472. The highest BCUT2D eigenvalue weighted by molar-refractivity contribution is 4.91. The van der Waals surface area contributed by atoms with Gasteiger partial charge in [-0.2, -0.15) is 0 Å². The molecular formula is C15H30N2O. The van der Waals surface area contributed by atoms with Crippen molar-refractivity contribution in [3.8, 4) is 0 Å². The van der Waals surface area contributed by atoms with Gasteiger partial charge in [0.25, 0.3) is 0 Å². The Bertz CT molecular complexity index is 280. The monoisotopic (exact) mass is 254 g/mol. The van der Waals surface area contributed by atoms with Crippen LogP contribution in [0.1, 0.15) is 40.0 Å². The first kappa shape index (κ1) is 14.3. The third kappa shape index (κ3) is 3.06. The van der Waals surface area contributed by atoms with Crippen molar-refractivity contribution >= 4 is 0 Å². The second-order valence-electron chi connectivity index (χ2n) is 7.19. The van der Waals surface area contributed by atoms with Gasteiger partial charge >= 0.3 is 0 Å². The molecule has 1 aliphatic heterocycles. The smallest absolute Gasteiger partial charge is 0.0631 e. The highest BCUT2D eigenvalue weighted by Gasteiger charge is 2.39. The molecule has 1 saturated carbocycles. The molecule has 1 heterocycles. The normalized spacial score (nSPS) is 38.8. The fourth-order valence-electron chi connectivity index (χ4n) is 3.70. The summed E-state index contributed by atoms with van der Waals surface area (Å²) in [6, 6.07) is 0.626. The van der Waals surface area contributed by atoms with Crippen LogP contribution in [-0.4, -0.2) is 60.3 Å². The van der Waals surface area contributed by atoms with Gasteiger partial charge in [0.2, 0.25) is 0 Å². The largest absolute Gasteiger partial charge is 0.392 e. The molecule has 3 heteroatoms. The lowest BCUT2D eigenvalue weighted by Gasteiger charge is -2.45. The van der Waals surface area contributed by atoms with E-state index in [2.05, 4.69) is 37.6 Å². The summed E-state index contributed by atoms with van der Waals surface area (Å²) >= 11 is 0. The number of hydrogen-bond donors (Lipinski definition) is 1. The molecule has 0 aromatic carbocycles. The Hall–Kier alpha value is -0.120. The topological polar surface area (TPSA) is 26.7 Å². The van der Waals surface area contributed by atoms with Crippen molar-refractivity contribution in [3.05, 3.63) is 0 Å². The van der Waals surface area contributed by atoms with E-state index in [4.69, 9.17) is 0 Å². The molecule has 2 fully saturated rings. The standard InChI is InChI=1S/C15H30N2O/c1-12-10-16(4)8-9-17(12)11-13-6-5-7-15(2,3)14(13)18/h12-14,18H,5-11H2,1-4H3. The predicted molar refractivity (Wildman–Crippen MR) is 75.7 cm³/mol. The highest BCUT2D eigenvalue weighted by Crippen LogP contribution is 2.39. The summed E-state index contributed by atoms with van der Waals surface area (Å²) in [6.45, 7) is 11.3. The first-order valence-electron chi connectivity index (χ1n) is 7.51. The van der Waals surface area contributed by atoms with Crippen LogP contribution in [0.15, 0.2) is 0 Å². The maximum atomic E-state index is 10.5. The third-order valence-corrected chi connectivity index (χ3v) is 5.08. The third-order valence-electron chi connectivity index (χ3n) is 5.08. The second-order valence-corrected chi connectivity index (χ2v) is 7.19. The van der Waals surface area contributed by atoms with Gasteiger partial charge in [0.1, 0.15) is 0 Å². The summed E-state index contributed by atoms with van der Waals surface area (Å²) in [5, 5.41) is 10.5. The van der Waals surface area contributed by atoms with E-state index in [9.17, 15) is 5.11 Å². The van der Waals surface area contributed by atoms with Crippen molar-refractivity contribution in [2.24, 2.45) is 11.3 Å². The molecule has 1 aliphatic carbocycles. The molecule has 3 unspecified atom stereocenters. The van der Waals surface area contributed by atoms with E-state index in [-0.39, 0.29) is 11.5 Å². The number of rotatable bonds is 2. The van der Waals surface area contributed by atoms with Gasteiger partial charge in [0.05, 0.1) is 6.10 Å². The van der Waals surface area contributed by atoms with Gasteiger partial charge in [0.15, 0.2) is 0 Å². The van der Waals surface area contributed by atoms with Crippen molar-refractivity contribution in [2.45, 2.75) is 52.2 Å². The predicted octanol–water partition coefficient (Wildman–Crippen LogP) is 1.81. The minimum atomic E-state index is -0.127. The summed E-state index contributed by atoms with van der Waals surface area (Å²) < 4.78 is 0. The van der Waals surface area contributed by atoms with Gasteiger partial charge in [-0.05, 0) is 38.1 Å². The first-order chi connectivity index (χ1) is 8.40. The molecule has 2 aliphatic rings. The van der Waals surface area contributed by atoms with E-state index in [1.54, 1.807) is 0 Å². The lowest BCUT2D eigenvalue weighted by molar-refractivity contribution is -0.0514. The van der Waals surface area contributed by atoms with Gasteiger partial charge < -0.3 is 10.0 Å². The van der Waals surface area contributed by atoms with Crippen LogP contribution in [-0.2, 0) is 0 Å². The number of hydrogen-bond acceptors (Lipinski definition) is 3. The first-order valence-corrected chi connectivity index (χ1v) is 7.51. The minimum Gasteiger partial charge on any atom is -0.392 e. The zero-order chi connectivity index (χ0) is 13.3. The van der Waals surface area contributed by atoms with Gasteiger partial charge in [-0.1, -0.05) is 20.3 Å². The molecule has 3 nitrogen and oxygen atoms in total. The van der Waals surface area contributed by atoms with Gasteiger partial charge in [-0.3, -0.25) is 4.90 Å². The Morgan fingerprint density at radius 1 is 1.28 bits per heavy atom. The number of aliphatic hydroxyl groups excluding tert-OH is 1. The molecule has 1 saturated heterocycles. The Morgan fingerprint density at radius 2 is 2.00 bits per heavy atom. The zero-order valence-corrected chi connectivity index (χ0v) is 12.5. The van der Waals surface area contributed by atoms with Crippen LogP contribution in [0.2, 0.25) is 0 Å². The molecule has 106 valence electrons. The van der Waals surface area contributed by atoms with Crippen molar-refractivity contribution in [1.82, 2.24) is 9.80 Å². The molecule has 0 amide bonds. The molecular weight excluding hydrogens is 224 g/mol. The molecule has 0 aromatic rings. The van der Waals surface area contributed by atoms with Crippen LogP contribution in [0.3, 0.4) is 0 Å². The Kier molecular flexibility index (Phi) is 4.35. The summed E-state index contributed by atoms with van der Waals surface area (Å²) in [7, 11) is 2.20. The summed E-state index contributed by atoms with van der Waals surface area (Å²) in [5.41, 5.74) is 0.110. The lowest BCUT2D eigenvalue weighted by Crippen LogP contribution is -2.54. The Labute approximate surface area is 112 Å².